The zero-order valence-corrected chi connectivity index (χ0v) is 13.5. The molecule has 1 N–H and O–H groups in total. The van der Waals surface area contributed by atoms with Gasteiger partial charge in [0.15, 0.2) is 5.65 Å². The van der Waals surface area contributed by atoms with Gasteiger partial charge in [0.05, 0.1) is 43.3 Å². The fraction of sp³-hybridized carbons (Fsp3) is 0.111. The number of nitrogens with zero attached hydrogens (tertiary/aromatic N) is 5. The molecule has 7 heteroatoms. The topological polar surface area (TPSA) is 92.4 Å². The molecule has 0 spiro atoms. The zero-order valence-electron chi connectivity index (χ0n) is 13.5. The van der Waals surface area contributed by atoms with Gasteiger partial charge in [-0.2, -0.15) is 10.4 Å². The summed E-state index contributed by atoms with van der Waals surface area (Å²) < 4.78 is 7.16. The highest BCUT2D eigenvalue weighted by atomic mass is 16.5. The van der Waals surface area contributed by atoms with Gasteiger partial charge in [-0.1, -0.05) is 6.07 Å². The number of hydrogen-bond donors (Lipinski definition) is 1. The lowest BCUT2D eigenvalue weighted by molar-refractivity contribution is 0.410. The molecule has 0 aliphatic carbocycles. The van der Waals surface area contributed by atoms with E-state index in [1.165, 1.54) is 0 Å². The Morgan fingerprint density at radius 3 is 3.04 bits per heavy atom. The molecule has 7 nitrogen and oxygen atoms in total. The van der Waals surface area contributed by atoms with Crippen molar-refractivity contribution in [3.8, 4) is 28.6 Å². The summed E-state index contributed by atoms with van der Waals surface area (Å²) in [6.07, 6.45) is 7.40. The third-order valence-electron chi connectivity index (χ3n) is 4.02. The summed E-state index contributed by atoms with van der Waals surface area (Å²) in [4.78, 5) is 11.5. The van der Waals surface area contributed by atoms with Gasteiger partial charge in [0.2, 0.25) is 0 Å². The largest absolute Gasteiger partial charge is 0.496 e. The Kier molecular flexibility index (Phi) is 3.63. The Morgan fingerprint density at radius 1 is 1.28 bits per heavy atom. The SMILES string of the molecule is COc1cc(-n2cc(-c3ccnc4nc[nH]c34)cn2)ccc1CC#N. The van der Waals surface area contributed by atoms with Crippen molar-refractivity contribution in [1.82, 2.24) is 24.7 Å². The van der Waals surface area contributed by atoms with Gasteiger partial charge < -0.3 is 9.72 Å². The Labute approximate surface area is 143 Å². The molecule has 4 rings (SSSR count). The molecule has 1 aromatic carbocycles. The van der Waals surface area contributed by atoms with Crippen LogP contribution in [0.5, 0.6) is 5.75 Å². The standard InChI is InChI=1S/C18H14N6O/c1-25-16-8-14(3-2-12(16)4-6-19)24-10-13(9-23-24)15-5-7-20-18-17(15)21-11-22-18/h2-3,5,7-11H,4H2,1H3,(H,20,21,22). The molecule has 0 unspecified atom stereocenters. The van der Waals surface area contributed by atoms with Crippen LogP contribution in [0.2, 0.25) is 0 Å². The Hall–Kier alpha value is -3.66. The maximum Gasteiger partial charge on any atom is 0.178 e. The van der Waals surface area contributed by atoms with Crippen LogP contribution in [0.3, 0.4) is 0 Å². The van der Waals surface area contributed by atoms with Crippen molar-refractivity contribution >= 4 is 11.2 Å². The quantitative estimate of drug-likeness (QED) is 0.621. The molecule has 0 saturated heterocycles. The summed E-state index contributed by atoms with van der Waals surface area (Å²) in [7, 11) is 1.60. The van der Waals surface area contributed by atoms with Crippen LogP contribution in [-0.2, 0) is 6.42 Å². The van der Waals surface area contributed by atoms with E-state index in [1.54, 1.807) is 30.5 Å². The van der Waals surface area contributed by atoms with Crippen molar-refractivity contribution in [1.29, 1.82) is 5.26 Å². The lowest BCUT2D eigenvalue weighted by atomic mass is 10.1. The minimum Gasteiger partial charge on any atom is -0.496 e. The fourth-order valence-electron chi connectivity index (χ4n) is 2.80. The number of fused-ring (bicyclic) bond motifs is 1. The van der Waals surface area contributed by atoms with E-state index in [0.29, 0.717) is 17.8 Å². The minimum absolute atomic E-state index is 0.308. The van der Waals surface area contributed by atoms with Crippen LogP contribution in [0.1, 0.15) is 5.56 Å². The van der Waals surface area contributed by atoms with Crippen LogP contribution < -0.4 is 4.74 Å². The van der Waals surface area contributed by atoms with Gasteiger partial charge in [-0.3, -0.25) is 0 Å². The number of aromatic nitrogens is 5. The average molecular weight is 330 g/mol. The van der Waals surface area contributed by atoms with E-state index in [0.717, 1.165) is 27.9 Å². The summed E-state index contributed by atoms with van der Waals surface area (Å²) in [5, 5.41) is 13.3. The van der Waals surface area contributed by atoms with Gasteiger partial charge in [0, 0.05) is 35.2 Å². The number of benzene rings is 1. The molecule has 0 atom stereocenters. The van der Waals surface area contributed by atoms with E-state index in [1.807, 2.05) is 30.5 Å². The number of rotatable bonds is 4. The molecule has 0 radical (unpaired) electrons. The highest BCUT2D eigenvalue weighted by Crippen LogP contribution is 2.27. The van der Waals surface area contributed by atoms with Crippen molar-refractivity contribution in [3.63, 3.8) is 0 Å². The van der Waals surface area contributed by atoms with Crippen molar-refractivity contribution in [2.75, 3.05) is 7.11 Å². The highest BCUT2D eigenvalue weighted by molar-refractivity contribution is 5.88. The van der Waals surface area contributed by atoms with E-state index in [9.17, 15) is 0 Å². The summed E-state index contributed by atoms with van der Waals surface area (Å²) in [5.74, 6) is 0.677. The molecular formula is C18H14N6O. The van der Waals surface area contributed by atoms with E-state index in [-0.39, 0.29) is 0 Å². The molecule has 25 heavy (non-hydrogen) atoms. The molecular weight excluding hydrogens is 316 g/mol. The van der Waals surface area contributed by atoms with Gasteiger partial charge in [-0.15, -0.1) is 0 Å². The normalized spacial score (nSPS) is 10.7. The molecule has 0 saturated carbocycles. The number of methoxy groups -OCH3 is 1. The Morgan fingerprint density at radius 2 is 2.20 bits per heavy atom. The fourth-order valence-corrected chi connectivity index (χ4v) is 2.80. The molecule has 3 heterocycles. The van der Waals surface area contributed by atoms with Crippen LogP contribution in [0.4, 0.5) is 0 Å². The predicted molar refractivity (Wildman–Crippen MR) is 92.3 cm³/mol. The number of nitriles is 1. The van der Waals surface area contributed by atoms with Crippen molar-refractivity contribution in [3.05, 3.63) is 54.7 Å². The van der Waals surface area contributed by atoms with Gasteiger partial charge in [-0.05, 0) is 12.1 Å². The first-order valence-electron chi connectivity index (χ1n) is 7.67. The van der Waals surface area contributed by atoms with Crippen LogP contribution in [-0.4, -0.2) is 31.8 Å². The maximum absolute atomic E-state index is 8.89. The molecule has 3 aromatic heterocycles. The number of ether oxygens (including phenoxy) is 1. The molecule has 122 valence electrons. The average Bonchev–Trinajstić information content (AvgIpc) is 3.31. The molecule has 0 aliphatic heterocycles. The molecule has 0 fully saturated rings. The summed E-state index contributed by atoms with van der Waals surface area (Å²) in [6.45, 7) is 0. The first-order chi connectivity index (χ1) is 12.3. The van der Waals surface area contributed by atoms with E-state index < -0.39 is 0 Å². The van der Waals surface area contributed by atoms with E-state index >= 15 is 0 Å². The summed E-state index contributed by atoms with van der Waals surface area (Å²) in [6, 6.07) is 9.75. The highest BCUT2D eigenvalue weighted by Gasteiger charge is 2.11. The van der Waals surface area contributed by atoms with Gasteiger partial charge in [0.1, 0.15) is 5.75 Å². The first-order valence-corrected chi connectivity index (χ1v) is 7.67. The van der Waals surface area contributed by atoms with Gasteiger partial charge in [-0.25, -0.2) is 14.6 Å². The number of nitrogens with one attached hydrogen (secondary N) is 1. The lowest BCUT2D eigenvalue weighted by Gasteiger charge is -2.08. The lowest BCUT2D eigenvalue weighted by Crippen LogP contribution is -1.97. The number of imidazole rings is 1. The van der Waals surface area contributed by atoms with Gasteiger partial charge >= 0.3 is 0 Å². The van der Waals surface area contributed by atoms with E-state index in [4.69, 9.17) is 10.00 Å². The van der Waals surface area contributed by atoms with Crippen molar-refractivity contribution in [2.45, 2.75) is 6.42 Å². The Bertz CT molecular complexity index is 1090. The molecule has 4 aromatic rings. The monoisotopic (exact) mass is 330 g/mol. The second-order valence-electron chi connectivity index (χ2n) is 5.46. The predicted octanol–water partition coefficient (Wildman–Crippen LogP) is 2.89. The molecule has 0 bridgehead atoms. The van der Waals surface area contributed by atoms with Crippen molar-refractivity contribution < 1.29 is 4.74 Å². The van der Waals surface area contributed by atoms with Crippen molar-refractivity contribution in [2.24, 2.45) is 0 Å². The maximum atomic E-state index is 8.89. The zero-order chi connectivity index (χ0) is 17.2. The number of aromatic amines is 1. The van der Waals surface area contributed by atoms with Gasteiger partial charge in [0.25, 0.3) is 0 Å². The van der Waals surface area contributed by atoms with E-state index in [2.05, 4.69) is 26.1 Å². The minimum atomic E-state index is 0.308. The summed E-state index contributed by atoms with van der Waals surface area (Å²) in [5.41, 5.74) is 5.21. The van der Waals surface area contributed by atoms with Crippen LogP contribution in [0.25, 0.3) is 28.0 Å². The third-order valence-corrected chi connectivity index (χ3v) is 4.02. The van der Waals surface area contributed by atoms with Crippen LogP contribution >= 0.6 is 0 Å². The third kappa shape index (κ3) is 2.60. The molecule has 0 amide bonds. The first kappa shape index (κ1) is 14.9. The molecule has 0 aliphatic rings. The second-order valence-corrected chi connectivity index (χ2v) is 5.46. The van der Waals surface area contributed by atoms with Crippen LogP contribution in [0.15, 0.2) is 49.2 Å². The number of H-pyrrole nitrogens is 1. The smallest absolute Gasteiger partial charge is 0.178 e. The number of hydrogen-bond acceptors (Lipinski definition) is 5. The number of pyridine rings is 1. The Balaban J connectivity index is 1.75. The summed E-state index contributed by atoms with van der Waals surface area (Å²) >= 11 is 0. The second kappa shape index (κ2) is 6.09. The van der Waals surface area contributed by atoms with Crippen LogP contribution in [0, 0.1) is 11.3 Å².